The van der Waals surface area contributed by atoms with Gasteiger partial charge in [0, 0.05) is 11.6 Å². The van der Waals surface area contributed by atoms with Gasteiger partial charge < -0.3 is 5.32 Å². The van der Waals surface area contributed by atoms with Gasteiger partial charge in [-0.25, -0.2) is 0 Å². The number of nitrogens with zero attached hydrogens (tertiary/aromatic N) is 1. The van der Waals surface area contributed by atoms with Crippen molar-refractivity contribution >= 4 is 11.6 Å². The zero-order chi connectivity index (χ0) is 9.26. The number of hydrogen-bond acceptors (Lipinski definition) is 2. The zero-order valence-electron chi connectivity index (χ0n) is 7.58. The summed E-state index contributed by atoms with van der Waals surface area (Å²) in [6.45, 7) is 1.92. The summed E-state index contributed by atoms with van der Waals surface area (Å²) in [5, 5.41) is 2.83. The van der Waals surface area contributed by atoms with Crippen molar-refractivity contribution in [3.63, 3.8) is 0 Å². The molecule has 1 heterocycles. The molecule has 0 spiro atoms. The number of carbonyl (C=O) groups is 1. The van der Waals surface area contributed by atoms with Crippen LogP contribution in [-0.2, 0) is 4.79 Å². The summed E-state index contributed by atoms with van der Waals surface area (Å²) in [6.07, 6.45) is 3.76. The van der Waals surface area contributed by atoms with Gasteiger partial charge >= 0.3 is 0 Å². The number of anilines is 1. The Morgan fingerprint density at radius 1 is 1.54 bits per heavy atom. The Labute approximate surface area is 77.2 Å². The Morgan fingerprint density at radius 3 is 2.85 bits per heavy atom. The molecule has 0 radical (unpaired) electrons. The SMILES string of the molecule is Cc1ccc(NC(=O)C2CC2)cn1. The molecule has 0 aliphatic heterocycles. The van der Waals surface area contributed by atoms with Gasteiger partial charge in [-0.2, -0.15) is 0 Å². The molecule has 1 N–H and O–H groups in total. The molecule has 2 rings (SSSR count). The van der Waals surface area contributed by atoms with Crippen molar-refractivity contribution in [1.82, 2.24) is 4.98 Å². The van der Waals surface area contributed by atoms with Gasteiger partial charge in [0.05, 0.1) is 11.9 Å². The van der Waals surface area contributed by atoms with Crippen LogP contribution in [0.2, 0.25) is 0 Å². The van der Waals surface area contributed by atoms with Crippen molar-refractivity contribution in [1.29, 1.82) is 0 Å². The summed E-state index contributed by atoms with van der Waals surface area (Å²) in [4.78, 5) is 15.4. The highest BCUT2D eigenvalue weighted by Gasteiger charge is 2.29. The van der Waals surface area contributed by atoms with Gasteiger partial charge in [-0.1, -0.05) is 0 Å². The molecule has 0 unspecified atom stereocenters. The maximum atomic E-state index is 11.3. The molecule has 0 aromatic carbocycles. The highest BCUT2D eigenvalue weighted by atomic mass is 16.2. The van der Waals surface area contributed by atoms with Gasteiger partial charge in [0.25, 0.3) is 0 Å². The Balaban J connectivity index is 2.00. The molecule has 3 heteroatoms. The third-order valence-corrected chi connectivity index (χ3v) is 2.13. The molecule has 1 aromatic heterocycles. The molecule has 0 bridgehead atoms. The third kappa shape index (κ3) is 2.05. The molecular weight excluding hydrogens is 164 g/mol. The molecular formula is C10H12N2O. The molecule has 13 heavy (non-hydrogen) atoms. The average Bonchev–Trinajstić information content (AvgIpc) is 2.91. The number of carbonyl (C=O) groups excluding carboxylic acids is 1. The predicted molar refractivity (Wildman–Crippen MR) is 50.3 cm³/mol. The van der Waals surface area contributed by atoms with Crippen LogP contribution >= 0.6 is 0 Å². The van der Waals surface area contributed by atoms with E-state index < -0.39 is 0 Å². The molecule has 1 fully saturated rings. The standard InChI is InChI=1S/C10H12N2O/c1-7-2-5-9(6-11-7)12-10(13)8-3-4-8/h2,5-6,8H,3-4H2,1H3,(H,12,13). The Morgan fingerprint density at radius 2 is 2.31 bits per heavy atom. The minimum atomic E-state index is 0.130. The second-order valence-corrected chi connectivity index (χ2v) is 3.45. The van der Waals surface area contributed by atoms with Crippen molar-refractivity contribution < 1.29 is 4.79 Å². The molecule has 1 amide bonds. The fourth-order valence-electron chi connectivity index (χ4n) is 1.13. The van der Waals surface area contributed by atoms with Crippen molar-refractivity contribution in [3.05, 3.63) is 24.0 Å². The summed E-state index contributed by atoms with van der Waals surface area (Å²) in [5.41, 5.74) is 1.76. The van der Waals surface area contributed by atoms with E-state index in [1.165, 1.54) is 0 Å². The number of nitrogens with one attached hydrogen (secondary N) is 1. The van der Waals surface area contributed by atoms with Gasteiger partial charge in [-0.3, -0.25) is 9.78 Å². The lowest BCUT2D eigenvalue weighted by Crippen LogP contribution is -2.13. The van der Waals surface area contributed by atoms with Crippen molar-refractivity contribution in [3.8, 4) is 0 Å². The molecule has 1 aliphatic rings. The second-order valence-electron chi connectivity index (χ2n) is 3.45. The van der Waals surface area contributed by atoms with E-state index in [0.717, 1.165) is 24.2 Å². The first-order chi connectivity index (χ1) is 6.25. The van der Waals surface area contributed by atoms with Gasteiger partial charge in [0.15, 0.2) is 0 Å². The molecule has 0 atom stereocenters. The van der Waals surface area contributed by atoms with Crippen LogP contribution in [0.15, 0.2) is 18.3 Å². The van der Waals surface area contributed by atoms with Gasteiger partial charge in [0.2, 0.25) is 5.91 Å². The normalized spacial score (nSPS) is 15.5. The molecule has 1 saturated carbocycles. The van der Waals surface area contributed by atoms with Gasteiger partial charge in [-0.15, -0.1) is 0 Å². The molecule has 1 aromatic rings. The number of amides is 1. The van der Waals surface area contributed by atoms with Crippen LogP contribution in [0.1, 0.15) is 18.5 Å². The lowest BCUT2D eigenvalue weighted by molar-refractivity contribution is -0.117. The highest BCUT2D eigenvalue weighted by Crippen LogP contribution is 2.29. The molecule has 68 valence electrons. The zero-order valence-corrected chi connectivity index (χ0v) is 7.58. The Kier molecular flexibility index (Phi) is 2.00. The fraction of sp³-hybridized carbons (Fsp3) is 0.400. The monoisotopic (exact) mass is 176 g/mol. The lowest BCUT2D eigenvalue weighted by atomic mass is 10.3. The summed E-state index contributed by atoms with van der Waals surface area (Å²) < 4.78 is 0. The summed E-state index contributed by atoms with van der Waals surface area (Å²) in [6, 6.07) is 3.77. The summed E-state index contributed by atoms with van der Waals surface area (Å²) in [7, 11) is 0. The maximum absolute atomic E-state index is 11.3. The number of pyridine rings is 1. The predicted octanol–water partition coefficient (Wildman–Crippen LogP) is 1.74. The van der Waals surface area contributed by atoms with Crippen LogP contribution < -0.4 is 5.32 Å². The lowest BCUT2D eigenvalue weighted by Gasteiger charge is -2.02. The Hall–Kier alpha value is -1.38. The minimum absolute atomic E-state index is 0.130. The van der Waals surface area contributed by atoms with Crippen LogP contribution in [0.3, 0.4) is 0 Å². The van der Waals surface area contributed by atoms with E-state index in [4.69, 9.17) is 0 Å². The maximum Gasteiger partial charge on any atom is 0.227 e. The fourth-order valence-corrected chi connectivity index (χ4v) is 1.13. The number of aryl methyl sites for hydroxylation is 1. The molecule has 1 aliphatic carbocycles. The van der Waals surface area contributed by atoms with Gasteiger partial charge in [0.1, 0.15) is 0 Å². The Bertz CT molecular complexity index is 314. The third-order valence-electron chi connectivity index (χ3n) is 2.13. The van der Waals surface area contributed by atoms with E-state index in [0.29, 0.717) is 0 Å². The van der Waals surface area contributed by atoms with Crippen molar-refractivity contribution in [2.24, 2.45) is 5.92 Å². The topological polar surface area (TPSA) is 42.0 Å². The molecule has 0 saturated heterocycles. The van der Waals surface area contributed by atoms with Crippen molar-refractivity contribution in [2.45, 2.75) is 19.8 Å². The highest BCUT2D eigenvalue weighted by molar-refractivity contribution is 5.93. The number of hydrogen-bond donors (Lipinski definition) is 1. The first-order valence-electron chi connectivity index (χ1n) is 4.49. The smallest absolute Gasteiger partial charge is 0.227 e. The number of rotatable bonds is 2. The minimum Gasteiger partial charge on any atom is -0.324 e. The van der Waals surface area contributed by atoms with E-state index in [2.05, 4.69) is 10.3 Å². The van der Waals surface area contributed by atoms with Crippen LogP contribution in [0, 0.1) is 12.8 Å². The quantitative estimate of drug-likeness (QED) is 0.745. The van der Waals surface area contributed by atoms with E-state index >= 15 is 0 Å². The molecule has 3 nitrogen and oxygen atoms in total. The van der Waals surface area contributed by atoms with E-state index in [1.54, 1.807) is 6.20 Å². The van der Waals surface area contributed by atoms with E-state index in [9.17, 15) is 4.79 Å². The van der Waals surface area contributed by atoms with Crippen LogP contribution in [0.4, 0.5) is 5.69 Å². The second kappa shape index (κ2) is 3.17. The first-order valence-corrected chi connectivity index (χ1v) is 4.49. The van der Waals surface area contributed by atoms with Crippen LogP contribution in [-0.4, -0.2) is 10.9 Å². The van der Waals surface area contributed by atoms with Gasteiger partial charge in [-0.05, 0) is 31.9 Å². The summed E-state index contributed by atoms with van der Waals surface area (Å²) in [5.74, 6) is 0.381. The number of aromatic nitrogens is 1. The van der Waals surface area contributed by atoms with Crippen molar-refractivity contribution in [2.75, 3.05) is 5.32 Å². The largest absolute Gasteiger partial charge is 0.324 e. The van der Waals surface area contributed by atoms with Crippen LogP contribution in [0.5, 0.6) is 0 Å². The van der Waals surface area contributed by atoms with E-state index in [-0.39, 0.29) is 11.8 Å². The summed E-state index contributed by atoms with van der Waals surface area (Å²) >= 11 is 0. The first kappa shape index (κ1) is 8.23. The van der Waals surface area contributed by atoms with Crippen LogP contribution in [0.25, 0.3) is 0 Å². The van der Waals surface area contributed by atoms with E-state index in [1.807, 2.05) is 19.1 Å². The average molecular weight is 176 g/mol.